The Morgan fingerprint density at radius 2 is 2.38 bits per heavy atom. The van der Waals surface area contributed by atoms with E-state index in [9.17, 15) is 0 Å². The Hall–Kier alpha value is -0.490. The van der Waals surface area contributed by atoms with E-state index in [-0.39, 0.29) is 0 Å². The van der Waals surface area contributed by atoms with Crippen LogP contribution in [0.3, 0.4) is 0 Å². The van der Waals surface area contributed by atoms with E-state index in [0.717, 1.165) is 18.0 Å². The normalized spacial score (nSPS) is 11.1. The van der Waals surface area contributed by atoms with Gasteiger partial charge in [-0.2, -0.15) is 0 Å². The summed E-state index contributed by atoms with van der Waals surface area (Å²) in [5.41, 5.74) is 0. The largest absolute Gasteiger partial charge is 0.304 e. The summed E-state index contributed by atoms with van der Waals surface area (Å²) in [6, 6.07) is 0. The summed E-state index contributed by atoms with van der Waals surface area (Å²) >= 11 is 1.71. The second-order valence-electron chi connectivity index (χ2n) is 3.08. The standard InChI is InChI=1S/C8H15N3OS/c1-11(2)6-7-5-10-8(13-7)3-4-12-9/h5H,3-4,6,9H2,1-2H3. The van der Waals surface area contributed by atoms with Crippen LogP contribution in [0.2, 0.25) is 0 Å². The fourth-order valence-corrected chi connectivity index (χ4v) is 2.02. The second-order valence-corrected chi connectivity index (χ2v) is 4.28. The number of nitrogens with two attached hydrogens (primary N) is 1. The van der Waals surface area contributed by atoms with E-state index in [0.29, 0.717) is 6.61 Å². The highest BCUT2D eigenvalue weighted by Gasteiger charge is 2.02. The van der Waals surface area contributed by atoms with Gasteiger partial charge in [-0.05, 0) is 14.1 Å². The molecule has 0 aliphatic rings. The predicted molar refractivity (Wildman–Crippen MR) is 53.3 cm³/mol. The van der Waals surface area contributed by atoms with Crippen LogP contribution in [0.5, 0.6) is 0 Å². The fraction of sp³-hybridized carbons (Fsp3) is 0.625. The lowest BCUT2D eigenvalue weighted by Crippen LogP contribution is -2.09. The topological polar surface area (TPSA) is 51.4 Å². The zero-order chi connectivity index (χ0) is 9.68. The first-order chi connectivity index (χ1) is 6.22. The van der Waals surface area contributed by atoms with Crippen molar-refractivity contribution in [2.45, 2.75) is 13.0 Å². The first kappa shape index (κ1) is 10.6. The van der Waals surface area contributed by atoms with Crippen molar-refractivity contribution >= 4 is 11.3 Å². The molecule has 2 N–H and O–H groups in total. The van der Waals surface area contributed by atoms with Gasteiger partial charge in [-0.25, -0.2) is 10.9 Å². The van der Waals surface area contributed by atoms with Crippen LogP contribution < -0.4 is 5.90 Å². The minimum Gasteiger partial charge on any atom is -0.304 e. The molecule has 0 fully saturated rings. The van der Waals surface area contributed by atoms with E-state index < -0.39 is 0 Å². The second kappa shape index (κ2) is 5.29. The third kappa shape index (κ3) is 3.82. The summed E-state index contributed by atoms with van der Waals surface area (Å²) < 4.78 is 0. The van der Waals surface area contributed by atoms with E-state index >= 15 is 0 Å². The lowest BCUT2D eigenvalue weighted by Gasteiger charge is -2.05. The van der Waals surface area contributed by atoms with Gasteiger partial charge in [0.05, 0.1) is 11.6 Å². The summed E-state index contributed by atoms with van der Waals surface area (Å²) in [6.07, 6.45) is 2.71. The molecule has 13 heavy (non-hydrogen) atoms. The van der Waals surface area contributed by atoms with Crippen LogP contribution in [0.1, 0.15) is 9.88 Å². The monoisotopic (exact) mass is 201 g/mol. The molecular weight excluding hydrogens is 186 g/mol. The summed E-state index contributed by atoms with van der Waals surface area (Å²) in [4.78, 5) is 12.2. The van der Waals surface area contributed by atoms with E-state index in [2.05, 4.69) is 14.7 Å². The molecule has 74 valence electrons. The molecule has 0 atom stereocenters. The van der Waals surface area contributed by atoms with Gasteiger partial charge in [-0.1, -0.05) is 0 Å². The molecule has 1 rings (SSSR count). The SMILES string of the molecule is CN(C)Cc1cnc(CCON)s1. The summed E-state index contributed by atoms with van der Waals surface area (Å²) in [5.74, 6) is 4.93. The quantitative estimate of drug-likeness (QED) is 0.710. The van der Waals surface area contributed by atoms with Crippen LogP contribution >= 0.6 is 11.3 Å². The third-order valence-corrected chi connectivity index (χ3v) is 2.55. The molecule has 0 aromatic carbocycles. The molecule has 1 aromatic rings. The third-order valence-electron chi connectivity index (χ3n) is 1.51. The Morgan fingerprint density at radius 3 is 3.00 bits per heavy atom. The minimum absolute atomic E-state index is 0.537. The van der Waals surface area contributed by atoms with Crippen LogP contribution in [0.4, 0.5) is 0 Å². The number of aromatic nitrogens is 1. The van der Waals surface area contributed by atoms with Gasteiger partial charge in [-0.15, -0.1) is 11.3 Å². The number of nitrogens with zero attached hydrogens (tertiary/aromatic N) is 2. The lowest BCUT2D eigenvalue weighted by atomic mass is 10.5. The van der Waals surface area contributed by atoms with Gasteiger partial charge in [0.25, 0.3) is 0 Å². The van der Waals surface area contributed by atoms with Crippen molar-refractivity contribution in [3.8, 4) is 0 Å². The lowest BCUT2D eigenvalue weighted by molar-refractivity contribution is 0.141. The summed E-state index contributed by atoms with van der Waals surface area (Å²) in [7, 11) is 4.09. The number of thiazole rings is 1. The minimum atomic E-state index is 0.537. The van der Waals surface area contributed by atoms with Gasteiger partial charge in [-0.3, -0.25) is 0 Å². The Morgan fingerprint density at radius 1 is 1.62 bits per heavy atom. The smallest absolute Gasteiger partial charge is 0.0951 e. The maximum absolute atomic E-state index is 4.93. The highest BCUT2D eigenvalue weighted by atomic mass is 32.1. The van der Waals surface area contributed by atoms with Crippen molar-refractivity contribution in [2.75, 3.05) is 20.7 Å². The van der Waals surface area contributed by atoms with E-state index in [1.54, 1.807) is 11.3 Å². The van der Waals surface area contributed by atoms with Gasteiger partial charge in [0.2, 0.25) is 0 Å². The van der Waals surface area contributed by atoms with Gasteiger partial charge in [0.1, 0.15) is 0 Å². The molecule has 0 spiro atoms. The van der Waals surface area contributed by atoms with Crippen LogP contribution in [0.15, 0.2) is 6.20 Å². The van der Waals surface area contributed by atoms with Gasteiger partial charge >= 0.3 is 0 Å². The zero-order valence-electron chi connectivity index (χ0n) is 7.99. The molecule has 0 amide bonds. The fourth-order valence-electron chi connectivity index (χ4n) is 0.995. The molecule has 0 radical (unpaired) electrons. The number of hydrogen-bond donors (Lipinski definition) is 1. The molecule has 4 nitrogen and oxygen atoms in total. The maximum atomic E-state index is 4.93. The van der Waals surface area contributed by atoms with Crippen LogP contribution in [0.25, 0.3) is 0 Å². The van der Waals surface area contributed by atoms with Gasteiger partial charge < -0.3 is 9.74 Å². The molecule has 1 aromatic heterocycles. The molecule has 0 saturated carbocycles. The predicted octanol–water partition coefficient (Wildman–Crippen LogP) is 0.638. The molecule has 0 bridgehead atoms. The first-order valence-electron chi connectivity index (χ1n) is 4.12. The maximum Gasteiger partial charge on any atom is 0.0951 e. The van der Waals surface area contributed by atoms with Crippen molar-refractivity contribution in [3.05, 3.63) is 16.1 Å². The van der Waals surface area contributed by atoms with Crippen molar-refractivity contribution in [3.63, 3.8) is 0 Å². The van der Waals surface area contributed by atoms with Crippen molar-refractivity contribution in [1.82, 2.24) is 9.88 Å². The first-order valence-corrected chi connectivity index (χ1v) is 4.94. The van der Waals surface area contributed by atoms with E-state index in [4.69, 9.17) is 5.90 Å². The molecule has 0 unspecified atom stereocenters. The summed E-state index contributed by atoms with van der Waals surface area (Å²) in [5, 5.41) is 1.09. The molecule has 0 aliphatic carbocycles. The van der Waals surface area contributed by atoms with Gasteiger partial charge in [0, 0.05) is 24.0 Å². The zero-order valence-corrected chi connectivity index (χ0v) is 8.80. The number of hydrogen-bond acceptors (Lipinski definition) is 5. The Bertz CT molecular complexity index is 249. The van der Waals surface area contributed by atoms with E-state index in [1.165, 1.54) is 4.88 Å². The molecular formula is C8H15N3OS. The Labute approximate surface area is 82.3 Å². The van der Waals surface area contributed by atoms with Crippen molar-refractivity contribution < 1.29 is 4.84 Å². The molecule has 0 saturated heterocycles. The molecule has 1 heterocycles. The van der Waals surface area contributed by atoms with Crippen LogP contribution in [0, 0.1) is 0 Å². The van der Waals surface area contributed by atoms with Crippen LogP contribution in [-0.2, 0) is 17.8 Å². The highest BCUT2D eigenvalue weighted by molar-refractivity contribution is 7.11. The van der Waals surface area contributed by atoms with Crippen LogP contribution in [-0.4, -0.2) is 30.6 Å². The summed E-state index contributed by atoms with van der Waals surface area (Å²) in [6.45, 7) is 1.48. The number of rotatable bonds is 5. The molecule has 5 heteroatoms. The Kier molecular flexibility index (Phi) is 4.31. The van der Waals surface area contributed by atoms with Crippen molar-refractivity contribution in [1.29, 1.82) is 0 Å². The average molecular weight is 201 g/mol. The molecule has 0 aliphatic heterocycles. The Balaban J connectivity index is 2.44. The van der Waals surface area contributed by atoms with E-state index in [1.807, 2.05) is 20.3 Å². The average Bonchev–Trinajstić information content (AvgIpc) is 2.48. The van der Waals surface area contributed by atoms with Gasteiger partial charge in [0.15, 0.2) is 0 Å². The van der Waals surface area contributed by atoms with Crippen molar-refractivity contribution in [2.24, 2.45) is 5.90 Å². The highest BCUT2D eigenvalue weighted by Crippen LogP contribution is 2.14.